The molecule has 262 valence electrons. The molecule has 46 heavy (non-hydrogen) atoms. The van der Waals surface area contributed by atoms with Gasteiger partial charge < -0.3 is 24.3 Å². The molecule has 0 saturated carbocycles. The molecular weight excluding hydrogens is 662 g/mol. The molecular formula is C30H43ClF5N2O7P. The van der Waals surface area contributed by atoms with Gasteiger partial charge in [-0.2, -0.15) is 13.9 Å². The molecule has 2 aromatic carbocycles. The topological polar surface area (TPSA) is 126 Å². The van der Waals surface area contributed by atoms with Crippen molar-refractivity contribution in [2.75, 3.05) is 13.2 Å². The number of benzene rings is 2. The zero-order valence-electron chi connectivity index (χ0n) is 26.6. The predicted octanol–water partition coefficient (Wildman–Crippen LogP) is 7.64. The van der Waals surface area contributed by atoms with Crippen LogP contribution < -0.4 is 19.9 Å². The van der Waals surface area contributed by atoms with Gasteiger partial charge in [-0.3, -0.25) is 9.59 Å². The highest BCUT2D eigenvalue weighted by Crippen LogP contribution is 2.47. The van der Waals surface area contributed by atoms with Gasteiger partial charge in [-0.05, 0) is 37.8 Å². The van der Waals surface area contributed by atoms with Gasteiger partial charge in [0.2, 0.25) is 34.8 Å². The fourth-order valence-electron chi connectivity index (χ4n) is 3.47. The predicted molar refractivity (Wildman–Crippen MR) is 165 cm³/mol. The molecule has 0 aromatic heterocycles. The summed E-state index contributed by atoms with van der Waals surface area (Å²) in [5.74, 6) is -14.3. The van der Waals surface area contributed by atoms with Crippen molar-refractivity contribution in [3.8, 4) is 11.5 Å². The van der Waals surface area contributed by atoms with Crippen molar-refractivity contribution in [1.29, 1.82) is 0 Å². The Morgan fingerprint density at radius 2 is 1.15 bits per heavy atom. The Bertz CT molecular complexity index is 1260. The van der Waals surface area contributed by atoms with Gasteiger partial charge in [-0.1, -0.05) is 71.6 Å². The van der Waals surface area contributed by atoms with Crippen molar-refractivity contribution in [3.63, 3.8) is 0 Å². The first kappa shape index (κ1) is 43.1. The third-order valence-electron chi connectivity index (χ3n) is 6.66. The Morgan fingerprint density at radius 1 is 0.739 bits per heavy atom. The highest BCUT2D eigenvalue weighted by molar-refractivity contribution is 7.52. The maximum atomic E-state index is 14.1. The lowest BCUT2D eigenvalue weighted by Gasteiger charge is -2.24. The van der Waals surface area contributed by atoms with Gasteiger partial charge in [0.05, 0.1) is 13.2 Å². The average Bonchev–Trinajstić information content (AvgIpc) is 3.02. The number of carbonyl (C=O) groups is 2. The van der Waals surface area contributed by atoms with Crippen LogP contribution in [0.5, 0.6) is 11.5 Å². The number of ether oxygens (including phenoxy) is 2. The van der Waals surface area contributed by atoms with Crippen LogP contribution in [0.4, 0.5) is 22.0 Å². The minimum Gasteiger partial charge on any atom is -0.464 e. The molecule has 0 aliphatic heterocycles. The molecule has 0 saturated heterocycles. The summed E-state index contributed by atoms with van der Waals surface area (Å²) in [5, 5.41) is 2.12. The van der Waals surface area contributed by atoms with E-state index in [1.807, 2.05) is 13.8 Å². The fourth-order valence-corrected chi connectivity index (χ4v) is 4.99. The maximum Gasteiger partial charge on any atom is 0.513 e. The van der Waals surface area contributed by atoms with Gasteiger partial charge in [0, 0.05) is 0 Å². The Hall–Kier alpha value is -2.93. The zero-order chi connectivity index (χ0) is 34.3. The second-order valence-corrected chi connectivity index (χ2v) is 11.8. The number of hydrogen-bond donors (Lipinski definition) is 2. The number of para-hydroxylation sites is 1. The fraction of sp³-hybridized carbons (Fsp3) is 0.533. The summed E-state index contributed by atoms with van der Waals surface area (Å²) < 4.78 is 102. The molecule has 9 nitrogen and oxygen atoms in total. The number of rotatable bonds is 16. The van der Waals surface area contributed by atoms with Crippen LogP contribution in [0.1, 0.15) is 67.2 Å². The molecule has 2 rings (SSSR count). The lowest BCUT2D eigenvalue weighted by Crippen LogP contribution is -2.36. The first-order valence-corrected chi connectivity index (χ1v) is 16.1. The zero-order valence-corrected chi connectivity index (χ0v) is 28.3. The molecule has 3 N–H and O–H groups in total. The number of nitrogens with two attached hydrogens (primary N) is 1. The van der Waals surface area contributed by atoms with Crippen LogP contribution in [0.25, 0.3) is 0 Å². The molecule has 2 aromatic rings. The molecule has 0 radical (unpaired) electrons. The van der Waals surface area contributed by atoms with Crippen LogP contribution in [0, 0.1) is 40.9 Å². The largest absolute Gasteiger partial charge is 0.513 e. The summed E-state index contributed by atoms with van der Waals surface area (Å²) in [4.78, 5) is 23.2. The molecule has 16 heteroatoms. The smallest absolute Gasteiger partial charge is 0.464 e. The van der Waals surface area contributed by atoms with Crippen LogP contribution in [0.2, 0.25) is 0 Å². The Labute approximate surface area is 272 Å². The van der Waals surface area contributed by atoms with Crippen LogP contribution >= 0.6 is 20.2 Å². The van der Waals surface area contributed by atoms with Crippen molar-refractivity contribution in [2.45, 2.75) is 79.3 Å². The lowest BCUT2D eigenvalue weighted by molar-refractivity contribution is -0.147. The van der Waals surface area contributed by atoms with E-state index in [-0.39, 0.29) is 36.7 Å². The van der Waals surface area contributed by atoms with Crippen molar-refractivity contribution < 1.29 is 54.6 Å². The van der Waals surface area contributed by atoms with Gasteiger partial charge in [-0.25, -0.2) is 17.7 Å². The third kappa shape index (κ3) is 13.4. The summed E-state index contributed by atoms with van der Waals surface area (Å²) >= 11 is 0. The maximum absolute atomic E-state index is 14.1. The van der Waals surface area contributed by atoms with E-state index >= 15 is 0 Å². The second-order valence-electron chi connectivity index (χ2n) is 10.2. The van der Waals surface area contributed by atoms with Gasteiger partial charge in [-0.15, -0.1) is 12.4 Å². The van der Waals surface area contributed by atoms with Gasteiger partial charge in [0.1, 0.15) is 17.8 Å². The Balaban J connectivity index is 0.00000132. The quantitative estimate of drug-likeness (QED) is 0.0596. The van der Waals surface area contributed by atoms with Crippen LogP contribution in [0.15, 0.2) is 30.3 Å². The van der Waals surface area contributed by atoms with E-state index < -0.39 is 60.6 Å². The lowest BCUT2D eigenvalue weighted by atomic mass is 10.1. The normalized spacial score (nSPS) is 13.4. The van der Waals surface area contributed by atoms with Crippen LogP contribution in [-0.2, 0) is 23.6 Å². The number of halogens is 6. The monoisotopic (exact) mass is 704 g/mol. The Morgan fingerprint density at radius 3 is 1.57 bits per heavy atom. The van der Waals surface area contributed by atoms with Gasteiger partial charge >= 0.3 is 19.7 Å². The van der Waals surface area contributed by atoms with Crippen molar-refractivity contribution in [2.24, 2.45) is 17.6 Å². The summed E-state index contributed by atoms with van der Waals surface area (Å²) in [6.45, 7) is 11.4. The highest BCUT2D eigenvalue weighted by Gasteiger charge is 2.38. The minimum absolute atomic E-state index is 0. The number of hydrogen-bond acceptors (Lipinski definition) is 8. The van der Waals surface area contributed by atoms with E-state index in [2.05, 4.69) is 18.9 Å². The van der Waals surface area contributed by atoms with Crippen LogP contribution in [-0.4, -0.2) is 37.2 Å². The number of carbonyl (C=O) groups excluding carboxylic acids is 2. The Kier molecular flexibility index (Phi) is 19.7. The molecule has 0 spiro atoms. The van der Waals surface area contributed by atoms with E-state index in [0.29, 0.717) is 12.5 Å². The number of nitrogens with one attached hydrogen (secondary N) is 1. The van der Waals surface area contributed by atoms with Crippen molar-refractivity contribution >= 4 is 32.1 Å². The van der Waals surface area contributed by atoms with Crippen molar-refractivity contribution in [1.82, 2.24) is 5.09 Å². The molecule has 0 fully saturated rings. The summed E-state index contributed by atoms with van der Waals surface area (Å²) in [6, 6.07) is 5.21. The van der Waals surface area contributed by atoms with E-state index in [1.165, 1.54) is 31.2 Å². The van der Waals surface area contributed by atoms with Crippen LogP contribution in [0.3, 0.4) is 0 Å². The molecule has 0 amide bonds. The summed E-state index contributed by atoms with van der Waals surface area (Å²) in [7, 11) is -4.93. The number of esters is 2. The third-order valence-corrected chi connectivity index (χ3v) is 8.24. The molecule has 0 heterocycles. The van der Waals surface area contributed by atoms with E-state index in [4.69, 9.17) is 24.3 Å². The minimum atomic E-state index is -4.93. The molecule has 1 unspecified atom stereocenters. The first-order chi connectivity index (χ1) is 21.1. The first-order valence-electron chi connectivity index (χ1n) is 14.6. The summed E-state index contributed by atoms with van der Waals surface area (Å²) in [5.41, 5.74) is 5.33. The second kappa shape index (κ2) is 21.0. The molecule has 0 bridgehead atoms. The molecule has 3 atom stereocenters. The van der Waals surface area contributed by atoms with Crippen molar-refractivity contribution in [3.05, 3.63) is 59.4 Å². The molecule has 0 aliphatic rings. The van der Waals surface area contributed by atoms with E-state index in [9.17, 15) is 36.1 Å². The standard InChI is InChI=1S/C21H23F5NO5P.C9H19NO2.ClH/c1-4-13(5-2)11-30-21(28)12(3)27-33(29,31-14-9-7-6-8-10-14)32-20-18(25)16(23)15(22)17(24)19(20)26;1-4-8(5-2)6-12-9(11)7(3)10;/h6-10,12-13H,4-5,11H2,1-3H3,(H,27,29);7-8H,4-6,10H2,1-3H3;1H/t12-,33?;7-;/m00./s1. The van der Waals surface area contributed by atoms with E-state index in [1.54, 1.807) is 13.0 Å². The molecule has 0 aliphatic carbocycles. The van der Waals surface area contributed by atoms with Gasteiger partial charge in [0.25, 0.3) is 0 Å². The highest BCUT2D eigenvalue weighted by atomic mass is 35.5. The van der Waals surface area contributed by atoms with E-state index in [0.717, 1.165) is 25.7 Å². The summed E-state index contributed by atoms with van der Waals surface area (Å²) in [6.07, 6.45) is 3.57. The van der Waals surface area contributed by atoms with Gasteiger partial charge in [0.15, 0.2) is 0 Å². The average molecular weight is 705 g/mol. The SMILES string of the molecule is CCC(CC)COC(=O)[C@H](C)N.CCC(CC)COC(=O)[C@H](C)NP(=O)(Oc1ccccc1)Oc1c(F)c(F)c(F)c(F)c1F.Cl.